The van der Waals surface area contributed by atoms with Crippen LogP contribution in [0.1, 0.15) is 24.8 Å². The summed E-state index contributed by atoms with van der Waals surface area (Å²) in [5.74, 6) is 0.425. The number of nitrogens with zero attached hydrogens (tertiary/aromatic N) is 1. The van der Waals surface area contributed by atoms with Crippen molar-refractivity contribution < 1.29 is 8.42 Å². The molecule has 1 unspecified atom stereocenters. The van der Waals surface area contributed by atoms with Crippen molar-refractivity contribution in [3.05, 3.63) is 23.8 Å². The van der Waals surface area contributed by atoms with Gasteiger partial charge in [0, 0.05) is 24.8 Å². The number of aryl methyl sites for hydroxylation is 1. The molecule has 0 spiro atoms. The third-order valence-electron chi connectivity index (χ3n) is 4.43. The number of anilines is 1. The lowest BCUT2D eigenvalue weighted by Crippen LogP contribution is -2.31. The molecule has 2 aliphatic rings. The van der Waals surface area contributed by atoms with E-state index in [9.17, 15) is 8.42 Å². The fourth-order valence-corrected chi connectivity index (χ4v) is 4.42. The summed E-state index contributed by atoms with van der Waals surface area (Å²) in [4.78, 5) is 2.82. The van der Waals surface area contributed by atoms with Crippen molar-refractivity contribution in [2.45, 2.75) is 37.1 Å². The molecule has 21 heavy (non-hydrogen) atoms. The summed E-state index contributed by atoms with van der Waals surface area (Å²) in [7, 11) is -3.44. The Morgan fingerprint density at radius 3 is 2.76 bits per heavy atom. The highest BCUT2D eigenvalue weighted by Crippen LogP contribution is 2.31. The largest absolute Gasteiger partial charge is 0.399 e. The van der Waals surface area contributed by atoms with Crippen molar-refractivity contribution in [1.29, 1.82) is 0 Å². The van der Waals surface area contributed by atoms with Crippen LogP contribution in [-0.2, 0) is 10.0 Å². The highest BCUT2D eigenvalue weighted by atomic mass is 32.2. The molecule has 1 aromatic rings. The van der Waals surface area contributed by atoms with Gasteiger partial charge in [-0.25, -0.2) is 13.1 Å². The second kappa shape index (κ2) is 5.59. The van der Waals surface area contributed by atoms with Crippen molar-refractivity contribution in [1.82, 2.24) is 9.62 Å². The summed E-state index contributed by atoms with van der Waals surface area (Å²) in [5, 5.41) is 0. The lowest BCUT2D eigenvalue weighted by molar-refractivity contribution is 0.314. The molecule has 0 amide bonds. The van der Waals surface area contributed by atoms with Crippen LogP contribution < -0.4 is 10.5 Å². The molecule has 2 fully saturated rings. The van der Waals surface area contributed by atoms with Crippen LogP contribution in [0.4, 0.5) is 5.69 Å². The van der Waals surface area contributed by atoms with Gasteiger partial charge >= 0.3 is 0 Å². The molecule has 1 aliphatic heterocycles. The standard InChI is InChI=1S/C15H23N3O2S/c1-11-8-13(16)2-5-15(11)21(19,20)17-9-12-6-7-18(10-12)14-3-4-14/h2,5,8,12,14,17H,3-4,6-7,9-10,16H2,1H3. The van der Waals surface area contributed by atoms with E-state index in [1.807, 2.05) is 0 Å². The van der Waals surface area contributed by atoms with Crippen LogP contribution in [-0.4, -0.2) is 39.0 Å². The van der Waals surface area contributed by atoms with E-state index in [1.165, 1.54) is 12.8 Å². The van der Waals surface area contributed by atoms with E-state index in [2.05, 4.69) is 9.62 Å². The minimum Gasteiger partial charge on any atom is -0.399 e. The maximum Gasteiger partial charge on any atom is 0.240 e. The fraction of sp³-hybridized carbons (Fsp3) is 0.600. The third kappa shape index (κ3) is 3.39. The van der Waals surface area contributed by atoms with Crippen LogP contribution in [0.2, 0.25) is 0 Å². The average Bonchev–Trinajstić information content (AvgIpc) is 3.15. The first-order chi connectivity index (χ1) is 9.95. The van der Waals surface area contributed by atoms with Gasteiger partial charge in [-0.2, -0.15) is 0 Å². The molecule has 1 aromatic carbocycles. The van der Waals surface area contributed by atoms with Crippen LogP contribution >= 0.6 is 0 Å². The first-order valence-corrected chi connectivity index (χ1v) is 9.04. The Balaban J connectivity index is 1.61. The van der Waals surface area contributed by atoms with Crippen LogP contribution in [0.15, 0.2) is 23.1 Å². The van der Waals surface area contributed by atoms with Crippen molar-refractivity contribution in [3.63, 3.8) is 0 Å². The van der Waals surface area contributed by atoms with Crippen LogP contribution in [0.3, 0.4) is 0 Å². The zero-order valence-corrected chi connectivity index (χ0v) is 13.2. The highest BCUT2D eigenvalue weighted by Gasteiger charge is 2.34. The molecule has 1 atom stereocenters. The van der Waals surface area contributed by atoms with Crippen molar-refractivity contribution >= 4 is 15.7 Å². The van der Waals surface area contributed by atoms with Gasteiger partial charge in [0.2, 0.25) is 10.0 Å². The van der Waals surface area contributed by atoms with Gasteiger partial charge in [-0.15, -0.1) is 0 Å². The number of sulfonamides is 1. The van der Waals surface area contributed by atoms with Gasteiger partial charge < -0.3 is 10.6 Å². The van der Waals surface area contributed by atoms with Gasteiger partial charge in [-0.05, 0) is 62.4 Å². The Bertz CT molecular complexity index is 626. The maximum absolute atomic E-state index is 12.4. The SMILES string of the molecule is Cc1cc(N)ccc1S(=O)(=O)NCC1CCN(C2CC2)C1. The fourth-order valence-electron chi connectivity index (χ4n) is 3.08. The van der Waals surface area contributed by atoms with Gasteiger partial charge in [0.15, 0.2) is 0 Å². The van der Waals surface area contributed by atoms with E-state index in [-0.39, 0.29) is 0 Å². The van der Waals surface area contributed by atoms with Crippen molar-refractivity contribution in [2.75, 3.05) is 25.4 Å². The lowest BCUT2D eigenvalue weighted by atomic mass is 10.1. The summed E-state index contributed by atoms with van der Waals surface area (Å²) in [6.45, 7) is 4.43. The van der Waals surface area contributed by atoms with E-state index in [0.29, 0.717) is 28.6 Å². The monoisotopic (exact) mass is 309 g/mol. The number of likely N-dealkylation sites (tertiary alicyclic amines) is 1. The Labute approximate surface area is 126 Å². The molecule has 6 heteroatoms. The number of rotatable bonds is 5. The molecule has 0 radical (unpaired) electrons. The number of nitrogens with one attached hydrogen (secondary N) is 1. The minimum atomic E-state index is -3.44. The molecule has 1 heterocycles. The average molecular weight is 309 g/mol. The summed E-state index contributed by atoms with van der Waals surface area (Å²) < 4.78 is 27.5. The quantitative estimate of drug-likeness (QED) is 0.805. The second-order valence-electron chi connectivity index (χ2n) is 6.26. The molecule has 3 rings (SSSR count). The minimum absolute atomic E-state index is 0.328. The molecule has 5 nitrogen and oxygen atoms in total. The van der Waals surface area contributed by atoms with E-state index in [1.54, 1.807) is 25.1 Å². The topological polar surface area (TPSA) is 75.4 Å². The Kier molecular flexibility index (Phi) is 3.94. The lowest BCUT2D eigenvalue weighted by Gasteiger charge is -2.15. The summed E-state index contributed by atoms with van der Waals surface area (Å²) >= 11 is 0. The Morgan fingerprint density at radius 2 is 2.10 bits per heavy atom. The van der Waals surface area contributed by atoms with Gasteiger partial charge in [0.1, 0.15) is 0 Å². The normalized spacial score (nSPS) is 23.6. The predicted octanol–water partition coefficient (Wildman–Crippen LogP) is 1.34. The molecule has 0 bridgehead atoms. The summed E-state index contributed by atoms with van der Waals surface area (Å²) in [6, 6.07) is 5.68. The molecule has 3 N–H and O–H groups in total. The van der Waals surface area contributed by atoms with Gasteiger partial charge in [0.25, 0.3) is 0 Å². The summed E-state index contributed by atoms with van der Waals surface area (Å²) in [6.07, 6.45) is 3.70. The number of nitrogens with two attached hydrogens (primary N) is 1. The van der Waals surface area contributed by atoms with E-state index >= 15 is 0 Å². The molecule has 1 aliphatic carbocycles. The van der Waals surface area contributed by atoms with Crippen molar-refractivity contribution in [2.24, 2.45) is 5.92 Å². The molecular weight excluding hydrogens is 286 g/mol. The first kappa shape index (κ1) is 14.8. The predicted molar refractivity (Wildman–Crippen MR) is 83.5 cm³/mol. The molecule has 0 aromatic heterocycles. The van der Waals surface area contributed by atoms with Gasteiger partial charge in [0.05, 0.1) is 4.90 Å². The van der Waals surface area contributed by atoms with Crippen LogP contribution in [0.25, 0.3) is 0 Å². The number of hydrogen-bond donors (Lipinski definition) is 2. The first-order valence-electron chi connectivity index (χ1n) is 7.55. The van der Waals surface area contributed by atoms with Gasteiger partial charge in [-0.3, -0.25) is 0 Å². The Hall–Kier alpha value is -1.11. The number of benzene rings is 1. The maximum atomic E-state index is 12.4. The number of nitrogen functional groups attached to an aromatic ring is 1. The highest BCUT2D eigenvalue weighted by molar-refractivity contribution is 7.89. The summed E-state index contributed by atoms with van der Waals surface area (Å²) in [5.41, 5.74) is 6.95. The zero-order chi connectivity index (χ0) is 15.0. The van der Waals surface area contributed by atoms with E-state index in [0.717, 1.165) is 25.6 Å². The molecule has 116 valence electrons. The van der Waals surface area contributed by atoms with E-state index in [4.69, 9.17) is 5.73 Å². The molecular formula is C15H23N3O2S. The van der Waals surface area contributed by atoms with Gasteiger partial charge in [-0.1, -0.05) is 0 Å². The number of hydrogen-bond acceptors (Lipinski definition) is 4. The zero-order valence-electron chi connectivity index (χ0n) is 12.4. The molecule has 1 saturated carbocycles. The second-order valence-corrected chi connectivity index (χ2v) is 7.99. The van der Waals surface area contributed by atoms with E-state index < -0.39 is 10.0 Å². The third-order valence-corrected chi connectivity index (χ3v) is 6.01. The smallest absolute Gasteiger partial charge is 0.240 e. The van der Waals surface area contributed by atoms with Crippen LogP contribution in [0.5, 0.6) is 0 Å². The Morgan fingerprint density at radius 1 is 1.33 bits per heavy atom. The van der Waals surface area contributed by atoms with Crippen LogP contribution in [0, 0.1) is 12.8 Å². The molecule has 1 saturated heterocycles. The van der Waals surface area contributed by atoms with Crippen molar-refractivity contribution in [3.8, 4) is 0 Å².